The number of methoxy groups -OCH3 is 1. The summed E-state index contributed by atoms with van der Waals surface area (Å²) in [4.78, 5) is 2.84. The van der Waals surface area contributed by atoms with E-state index in [2.05, 4.69) is 31.0 Å². The summed E-state index contributed by atoms with van der Waals surface area (Å²) in [5.74, 6) is 0.716. The first-order valence-electron chi connectivity index (χ1n) is 8.58. The molecule has 0 amide bonds. The number of rotatable bonds is 5. The fraction of sp³-hybridized carbons (Fsp3) is 1.00. The van der Waals surface area contributed by atoms with Crippen LogP contribution >= 0.6 is 0 Å². The smallest absolute Gasteiger partial charge is 0.0477 e. The molecule has 1 aliphatic heterocycles. The molecule has 0 aromatic rings. The number of ether oxygens (including phenoxy) is 1. The van der Waals surface area contributed by atoms with E-state index >= 15 is 0 Å². The van der Waals surface area contributed by atoms with Crippen molar-refractivity contribution < 1.29 is 4.74 Å². The summed E-state index contributed by atoms with van der Waals surface area (Å²) in [6.45, 7) is 10.4. The van der Waals surface area contributed by atoms with Crippen LogP contribution in [0.1, 0.15) is 59.3 Å². The zero-order valence-electron chi connectivity index (χ0n) is 14.0. The molecule has 0 radical (unpaired) electrons. The Labute approximate surface area is 125 Å². The number of nitrogens with one attached hydrogen (secondary N) is 1. The minimum Gasteiger partial charge on any atom is -0.385 e. The number of hydrogen-bond acceptors (Lipinski definition) is 3. The van der Waals surface area contributed by atoms with Gasteiger partial charge in [0.1, 0.15) is 0 Å². The Bertz CT molecular complexity index is 287. The zero-order chi connectivity index (χ0) is 14.6. The van der Waals surface area contributed by atoms with Gasteiger partial charge in [-0.15, -0.1) is 0 Å². The van der Waals surface area contributed by atoms with Crippen LogP contribution < -0.4 is 5.32 Å². The van der Waals surface area contributed by atoms with Crippen molar-refractivity contribution in [1.29, 1.82) is 0 Å². The molecule has 0 aromatic heterocycles. The lowest BCUT2D eigenvalue weighted by Gasteiger charge is -2.55. The summed E-state index contributed by atoms with van der Waals surface area (Å²) in [5.41, 5.74) is 0.427. The molecule has 1 aliphatic carbocycles. The first-order chi connectivity index (χ1) is 9.59. The van der Waals surface area contributed by atoms with Gasteiger partial charge in [0, 0.05) is 44.4 Å². The van der Waals surface area contributed by atoms with E-state index in [9.17, 15) is 0 Å². The lowest BCUT2D eigenvalue weighted by molar-refractivity contribution is -0.0314. The largest absolute Gasteiger partial charge is 0.385 e. The van der Waals surface area contributed by atoms with Crippen molar-refractivity contribution in [3.05, 3.63) is 0 Å². The molecule has 1 spiro atoms. The van der Waals surface area contributed by atoms with Gasteiger partial charge in [-0.05, 0) is 32.1 Å². The lowest BCUT2D eigenvalue weighted by atomic mass is 9.76. The average Bonchev–Trinajstić information content (AvgIpc) is 2.46. The average molecular weight is 282 g/mol. The fourth-order valence-electron chi connectivity index (χ4n) is 4.10. The summed E-state index contributed by atoms with van der Waals surface area (Å²) >= 11 is 0. The molecule has 1 heterocycles. The molecule has 2 rings (SSSR count). The molecule has 0 aromatic carbocycles. The van der Waals surface area contributed by atoms with Gasteiger partial charge in [-0.1, -0.05) is 33.1 Å². The molecule has 2 aliphatic rings. The molecule has 2 fully saturated rings. The highest BCUT2D eigenvalue weighted by atomic mass is 16.5. The van der Waals surface area contributed by atoms with Crippen molar-refractivity contribution in [2.45, 2.75) is 76.9 Å². The van der Waals surface area contributed by atoms with Gasteiger partial charge in [0.15, 0.2) is 0 Å². The van der Waals surface area contributed by atoms with Crippen LogP contribution in [-0.4, -0.2) is 49.3 Å². The third kappa shape index (κ3) is 3.55. The van der Waals surface area contributed by atoms with Crippen LogP contribution in [0.4, 0.5) is 0 Å². The van der Waals surface area contributed by atoms with Crippen molar-refractivity contribution in [1.82, 2.24) is 10.2 Å². The van der Waals surface area contributed by atoms with E-state index in [1.807, 2.05) is 7.11 Å². The highest BCUT2D eigenvalue weighted by molar-refractivity contribution is 5.02. The summed E-state index contributed by atoms with van der Waals surface area (Å²) < 4.78 is 5.31. The third-order valence-corrected chi connectivity index (χ3v) is 5.56. The first-order valence-corrected chi connectivity index (χ1v) is 8.58. The molecular weight excluding hydrogens is 248 g/mol. The van der Waals surface area contributed by atoms with Gasteiger partial charge in [0.2, 0.25) is 0 Å². The Balaban J connectivity index is 2.08. The Kier molecular flexibility index (Phi) is 5.88. The van der Waals surface area contributed by atoms with Crippen LogP contribution in [0.3, 0.4) is 0 Å². The topological polar surface area (TPSA) is 24.5 Å². The van der Waals surface area contributed by atoms with Crippen LogP contribution in [0.25, 0.3) is 0 Å². The lowest BCUT2D eigenvalue weighted by Crippen LogP contribution is -2.68. The molecule has 2 unspecified atom stereocenters. The predicted molar refractivity (Wildman–Crippen MR) is 85.1 cm³/mol. The second-order valence-corrected chi connectivity index (χ2v) is 7.30. The molecule has 2 atom stereocenters. The maximum Gasteiger partial charge on any atom is 0.0477 e. The monoisotopic (exact) mass is 282 g/mol. The van der Waals surface area contributed by atoms with Crippen molar-refractivity contribution in [2.75, 3.05) is 26.8 Å². The van der Waals surface area contributed by atoms with E-state index in [4.69, 9.17) is 4.74 Å². The fourth-order valence-corrected chi connectivity index (χ4v) is 4.10. The van der Waals surface area contributed by atoms with Gasteiger partial charge >= 0.3 is 0 Å². The van der Waals surface area contributed by atoms with Crippen LogP contribution in [0, 0.1) is 5.92 Å². The number of nitrogens with zero attached hydrogens (tertiary/aromatic N) is 1. The normalized spacial score (nSPS) is 28.9. The Morgan fingerprint density at radius 2 is 1.90 bits per heavy atom. The Hall–Kier alpha value is -0.120. The molecule has 118 valence electrons. The summed E-state index contributed by atoms with van der Waals surface area (Å²) in [7, 11) is 1.82. The molecule has 1 saturated carbocycles. The second kappa shape index (κ2) is 7.24. The quantitative estimate of drug-likeness (QED) is 0.839. The van der Waals surface area contributed by atoms with Crippen LogP contribution in [-0.2, 0) is 4.74 Å². The van der Waals surface area contributed by atoms with E-state index in [1.165, 1.54) is 45.2 Å². The minimum atomic E-state index is 0.427. The first kappa shape index (κ1) is 16.3. The van der Waals surface area contributed by atoms with Crippen LogP contribution in [0.15, 0.2) is 0 Å². The minimum absolute atomic E-state index is 0.427. The summed E-state index contributed by atoms with van der Waals surface area (Å²) in [5, 5.41) is 3.85. The van der Waals surface area contributed by atoms with Gasteiger partial charge in [0.05, 0.1) is 0 Å². The van der Waals surface area contributed by atoms with Gasteiger partial charge in [0.25, 0.3) is 0 Å². The van der Waals surface area contributed by atoms with Gasteiger partial charge in [-0.2, -0.15) is 0 Å². The molecule has 20 heavy (non-hydrogen) atoms. The maximum atomic E-state index is 5.31. The molecule has 3 heteroatoms. The Morgan fingerprint density at radius 3 is 2.50 bits per heavy atom. The molecular formula is C17H34N2O. The molecule has 1 saturated heterocycles. The highest BCUT2D eigenvalue weighted by Gasteiger charge is 2.44. The van der Waals surface area contributed by atoms with Crippen LogP contribution in [0.2, 0.25) is 0 Å². The summed E-state index contributed by atoms with van der Waals surface area (Å²) in [6, 6.07) is 1.28. The van der Waals surface area contributed by atoms with E-state index in [0.717, 1.165) is 13.0 Å². The van der Waals surface area contributed by atoms with E-state index in [-0.39, 0.29) is 0 Å². The maximum absolute atomic E-state index is 5.31. The van der Waals surface area contributed by atoms with Crippen molar-refractivity contribution in [2.24, 2.45) is 5.92 Å². The number of hydrogen-bond donors (Lipinski definition) is 1. The number of piperazine rings is 1. The molecule has 1 N–H and O–H groups in total. The van der Waals surface area contributed by atoms with Crippen molar-refractivity contribution >= 4 is 0 Å². The van der Waals surface area contributed by atoms with E-state index in [0.29, 0.717) is 23.5 Å². The summed E-state index contributed by atoms with van der Waals surface area (Å²) in [6.07, 6.45) is 8.14. The van der Waals surface area contributed by atoms with Crippen LogP contribution in [0.5, 0.6) is 0 Å². The SMILES string of the molecule is COCCC(C)N1CC(C(C)C)NCC12CCCCC2. The van der Waals surface area contributed by atoms with Gasteiger partial charge in [-0.25, -0.2) is 0 Å². The third-order valence-electron chi connectivity index (χ3n) is 5.56. The highest BCUT2D eigenvalue weighted by Crippen LogP contribution is 2.37. The molecule has 0 bridgehead atoms. The standard InChI is InChI=1S/C17H34N2O/c1-14(2)16-12-19(15(3)8-11-20-4)17(13-18-16)9-6-5-7-10-17/h14-16,18H,5-13H2,1-4H3. The molecule has 3 nitrogen and oxygen atoms in total. The zero-order valence-corrected chi connectivity index (χ0v) is 14.0. The van der Waals surface area contributed by atoms with Gasteiger partial charge in [-0.3, -0.25) is 4.90 Å². The predicted octanol–water partition coefficient (Wildman–Crippen LogP) is 3.04. The second-order valence-electron chi connectivity index (χ2n) is 7.30. The van der Waals surface area contributed by atoms with E-state index in [1.54, 1.807) is 0 Å². The van der Waals surface area contributed by atoms with Gasteiger partial charge < -0.3 is 10.1 Å². The van der Waals surface area contributed by atoms with Crippen molar-refractivity contribution in [3.63, 3.8) is 0 Å². The van der Waals surface area contributed by atoms with Crippen molar-refractivity contribution in [3.8, 4) is 0 Å². The van der Waals surface area contributed by atoms with E-state index < -0.39 is 0 Å². The Morgan fingerprint density at radius 1 is 1.20 bits per heavy atom.